The quantitative estimate of drug-likeness (QED) is 0.349. The average Bonchev–Trinajstić information content (AvgIpc) is 3.80. The molecule has 5 bridgehead atoms. The lowest BCUT2D eigenvalue weighted by Gasteiger charge is -2.41. The van der Waals surface area contributed by atoms with Crippen LogP contribution in [-0.2, 0) is 23.9 Å². The molecule has 11 nitrogen and oxygen atoms in total. The van der Waals surface area contributed by atoms with Crippen LogP contribution in [0.1, 0.15) is 90.5 Å². The van der Waals surface area contributed by atoms with E-state index in [0.29, 0.717) is 32.2 Å². The van der Waals surface area contributed by atoms with Crippen LogP contribution in [0, 0.1) is 11.3 Å². The van der Waals surface area contributed by atoms with Crippen LogP contribution in [0.15, 0.2) is 36.4 Å². The largest absolute Gasteiger partial charge is 0.390 e. The van der Waals surface area contributed by atoms with Gasteiger partial charge in [0.1, 0.15) is 18.2 Å². The highest BCUT2D eigenvalue weighted by molar-refractivity contribution is 5.94. The molecular weight excluding hydrogens is 586 g/mol. The molecule has 1 aromatic heterocycles. The van der Waals surface area contributed by atoms with Gasteiger partial charge in [-0.05, 0) is 82.9 Å². The molecule has 6 rings (SSSR count). The smallest absolute Gasteiger partial charge is 0.258 e. The Morgan fingerprint density at radius 3 is 2.50 bits per heavy atom. The number of carbonyl (C=O) groups excluding carboxylic acids is 3. The standard InChI is InChI=1S/C35H47N5O6/c1-20(2)28-30(41)36-21(3)31(42)40-18-6-7-26(39-40)29-32(46-29)45-22(4)25-11-10-24-9-8-23(19-27(24)37-25)12-13-35(33(43)38-28)16-14-34(5,44)15-17-35/h8-13,19-22,26,28-29,32,39,44H,6-7,14-18H2,1-5H3,(H,36,41)(H,38,43)/b13-12+/t21-,22+,26-,28-,29?,32?,34?,35?/m0/s1. The molecule has 3 amide bonds. The number of hydrazine groups is 1. The van der Waals surface area contributed by atoms with Crippen LogP contribution in [0.5, 0.6) is 0 Å². The molecule has 1 spiro atoms. The molecule has 4 aliphatic rings. The van der Waals surface area contributed by atoms with E-state index in [1.165, 1.54) is 0 Å². The maximum absolute atomic E-state index is 14.1. The summed E-state index contributed by atoms with van der Waals surface area (Å²) in [4.78, 5) is 46.1. The van der Waals surface area contributed by atoms with Crippen molar-refractivity contribution in [3.8, 4) is 0 Å². The number of hydrogen-bond acceptors (Lipinski definition) is 8. The van der Waals surface area contributed by atoms with Crippen LogP contribution in [0.4, 0.5) is 0 Å². The number of ether oxygens (including phenoxy) is 2. The fraction of sp³-hybridized carbons (Fsp3) is 0.600. The molecule has 2 unspecified atom stereocenters. The maximum Gasteiger partial charge on any atom is 0.258 e. The highest BCUT2D eigenvalue weighted by atomic mass is 16.8. The predicted molar refractivity (Wildman–Crippen MR) is 173 cm³/mol. The Morgan fingerprint density at radius 1 is 1.02 bits per heavy atom. The van der Waals surface area contributed by atoms with E-state index in [9.17, 15) is 19.5 Å². The fourth-order valence-electron chi connectivity index (χ4n) is 6.84. The minimum Gasteiger partial charge on any atom is -0.390 e. The summed E-state index contributed by atoms with van der Waals surface area (Å²) in [5, 5.41) is 19.2. The summed E-state index contributed by atoms with van der Waals surface area (Å²) in [6.45, 7) is 9.67. The predicted octanol–water partition coefficient (Wildman–Crippen LogP) is 3.52. The SMILES string of the molecule is CC(C)[C@@H]1NC(=O)C2(/C=C/c3ccc4ccc(nc4c3)[C@@H](C)OC3OC3[C@@H]3CCCN(N3)C(=O)[C@H](C)NC1=O)CCC(C)(O)CC2. The van der Waals surface area contributed by atoms with Crippen molar-refractivity contribution in [3.05, 3.63) is 47.7 Å². The molecule has 248 valence electrons. The molecule has 11 heteroatoms. The monoisotopic (exact) mass is 633 g/mol. The first-order valence-corrected chi connectivity index (χ1v) is 16.7. The topological polar surface area (TPSA) is 145 Å². The number of benzene rings is 1. The van der Waals surface area contributed by atoms with E-state index in [1.54, 1.807) is 18.9 Å². The van der Waals surface area contributed by atoms with Gasteiger partial charge >= 0.3 is 0 Å². The van der Waals surface area contributed by atoms with E-state index in [4.69, 9.17) is 14.5 Å². The van der Waals surface area contributed by atoms with Crippen LogP contribution in [0.2, 0.25) is 0 Å². The Bertz CT molecular complexity index is 1510. The van der Waals surface area contributed by atoms with Crippen LogP contribution in [0.3, 0.4) is 0 Å². The third kappa shape index (κ3) is 6.83. The normalized spacial score (nSPS) is 36.6. The second kappa shape index (κ2) is 12.7. The van der Waals surface area contributed by atoms with Gasteiger partial charge < -0.3 is 25.2 Å². The molecule has 4 N–H and O–H groups in total. The Morgan fingerprint density at radius 2 is 1.76 bits per heavy atom. The highest BCUT2D eigenvalue weighted by Gasteiger charge is 2.49. The van der Waals surface area contributed by atoms with Gasteiger partial charge in [0.2, 0.25) is 11.8 Å². The van der Waals surface area contributed by atoms with Crippen molar-refractivity contribution in [3.63, 3.8) is 0 Å². The molecule has 0 radical (unpaired) electrons. The number of amides is 3. The van der Waals surface area contributed by atoms with Crippen LogP contribution in [0.25, 0.3) is 17.0 Å². The summed E-state index contributed by atoms with van der Waals surface area (Å²) in [6.07, 6.45) is 6.31. The number of nitrogens with one attached hydrogen (secondary N) is 3. The van der Waals surface area contributed by atoms with E-state index in [-0.39, 0.29) is 36.0 Å². The fourth-order valence-corrected chi connectivity index (χ4v) is 6.84. The third-order valence-electron chi connectivity index (χ3n) is 10.1. The Kier molecular flexibility index (Phi) is 8.97. The molecule has 1 aromatic carbocycles. The van der Waals surface area contributed by atoms with Crippen LogP contribution >= 0.6 is 0 Å². The van der Waals surface area contributed by atoms with Gasteiger partial charge in [-0.15, -0.1) is 0 Å². The first kappa shape index (κ1) is 32.6. The lowest BCUT2D eigenvalue weighted by molar-refractivity contribution is -0.142. The zero-order valence-electron chi connectivity index (χ0n) is 27.4. The summed E-state index contributed by atoms with van der Waals surface area (Å²) >= 11 is 0. The number of aromatic nitrogens is 1. The van der Waals surface area contributed by atoms with E-state index in [2.05, 4.69) is 16.1 Å². The Hall–Kier alpha value is -3.38. The number of aliphatic hydroxyl groups is 1. The zero-order valence-corrected chi connectivity index (χ0v) is 27.4. The molecule has 3 aliphatic heterocycles. The molecule has 1 aliphatic carbocycles. The van der Waals surface area contributed by atoms with Gasteiger partial charge in [0.15, 0.2) is 6.29 Å². The summed E-state index contributed by atoms with van der Waals surface area (Å²) < 4.78 is 12.2. The van der Waals surface area contributed by atoms with Crippen LogP contribution < -0.4 is 16.1 Å². The number of fused-ring (bicyclic) bond motifs is 6. The first-order chi connectivity index (χ1) is 21.8. The number of nitrogens with zero attached hydrogens (tertiary/aromatic N) is 2. The van der Waals surface area contributed by atoms with Crippen molar-refractivity contribution >= 4 is 34.7 Å². The van der Waals surface area contributed by atoms with Gasteiger partial charge in [-0.25, -0.2) is 5.43 Å². The van der Waals surface area contributed by atoms with Crippen molar-refractivity contribution in [1.82, 2.24) is 26.1 Å². The lowest BCUT2D eigenvalue weighted by Crippen LogP contribution is -2.61. The summed E-state index contributed by atoms with van der Waals surface area (Å²) in [6, 6.07) is 8.23. The number of rotatable bonds is 1. The van der Waals surface area contributed by atoms with Crippen molar-refractivity contribution in [1.29, 1.82) is 0 Å². The van der Waals surface area contributed by atoms with E-state index in [0.717, 1.165) is 35.0 Å². The number of hydrogen-bond donors (Lipinski definition) is 4. The Labute approximate surface area is 270 Å². The van der Waals surface area contributed by atoms with Crippen molar-refractivity contribution < 1.29 is 29.0 Å². The number of pyridine rings is 1. The van der Waals surface area contributed by atoms with Crippen molar-refractivity contribution in [2.24, 2.45) is 11.3 Å². The van der Waals surface area contributed by atoms with Gasteiger partial charge in [-0.1, -0.05) is 44.2 Å². The first-order valence-electron chi connectivity index (χ1n) is 16.7. The van der Waals surface area contributed by atoms with Gasteiger partial charge in [-0.2, -0.15) is 0 Å². The lowest BCUT2D eigenvalue weighted by atomic mass is 9.68. The zero-order chi connectivity index (χ0) is 32.8. The van der Waals surface area contributed by atoms with Gasteiger partial charge in [0, 0.05) is 11.9 Å². The van der Waals surface area contributed by atoms with Gasteiger partial charge in [0.05, 0.1) is 34.4 Å². The molecule has 4 heterocycles. The molecule has 3 fully saturated rings. The van der Waals surface area contributed by atoms with E-state index >= 15 is 0 Å². The summed E-state index contributed by atoms with van der Waals surface area (Å²) in [7, 11) is 0. The highest BCUT2D eigenvalue weighted by Crippen LogP contribution is 2.43. The van der Waals surface area contributed by atoms with Crippen LogP contribution in [-0.4, -0.2) is 75.5 Å². The summed E-state index contributed by atoms with van der Waals surface area (Å²) in [5.41, 5.74) is 4.00. The second-order valence-corrected chi connectivity index (χ2v) is 14.2. The molecule has 2 saturated heterocycles. The molecule has 46 heavy (non-hydrogen) atoms. The molecule has 6 atom stereocenters. The Balaban J connectivity index is 1.35. The minimum atomic E-state index is -0.922. The van der Waals surface area contributed by atoms with Crippen molar-refractivity contribution in [2.75, 3.05) is 6.54 Å². The molecule has 1 saturated carbocycles. The minimum absolute atomic E-state index is 0.107. The number of carbonyl (C=O) groups is 3. The van der Waals surface area contributed by atoms with Gasteiger partial charge in [-0.3, -0.25) is 24.4 Å². The van der Waals surface area contributed by atoms with E-state index in [1.807, 2.05) is 63.3 Å². The van der Waals surface area contributed by atoms with E-state index < -0.39 is 35.3 Å². The molecular formula is C35H47N5O6. The number of epoxide rings is 1. The second-order valence-electron chi connectivity index (χ2n) is 14.2. The molecule has 2 aromatic rings. The average molecular weight is 634 g/mol. The third-order valence-corrected chi connectivity index (χ3v) is 10.1. The van der Waals surface area contributed by atoms with Gasteiger partial charge in [0.25, 0.3) is 5.91 Å². The van der Waals surface area contributed by atoms with Crippen molar-refractivity contribution in [2.45, 2.75) is 115 Å². The summed E-state index contributed by atoms with van der Waals surface area (Å²) in [5.74, 6) is -1.16. The maximum atomic E-state index is 14.1.